The van der Waals surface area contributed by atoms with E-state index in [0.29, 0.717) is 42.8 Å². The van der Waals surface area contributed by atoms with Crippen molar-refractivity contribution in [3.05, 3.63) is 62.1 Å². The van der Waals surface area contributed by atoms with Crippen LogP contribution in [0, 0.1) is 13.8 Å². The Morgan fingerprint density at radius 3 is 2.77 bits per heavy atom. The van der Waals surface area contributed by atoms with Gasteiger partial charge in [-0.15, -0.1) is 5.10 Å². The molecule has 0 saturated heterocycles. The molecule has 4 heterocycles. The van der Waals surface area contributed by atoms with Crippen LogP contribution in [0.1, 0.15) is 29.7 Å². The van der Waals surface area contributed by atoms with E-state index in [9.17, 15) is 14.4 Å². The fraction of sp³-hybridized carbons (Fsp3) is 0.381. The first-order chi connectivity index (χ1) is 14.9. The van der Waals surface area contributed by atoms with E-state index in [4.69, 9.17) is 0 Å². The molecule has 31 heavy (non-hydrogen) atoms. The van der Waals surface area contributed by atoms with Gasteiger partial charge in [0.2, 0.25) is 5.91 Å². The maximum atomic E-state index is 12.5. The van der Waals surface area contributed by atoms with Crippen LogP contribution < -0.4 is 16.6 Å². The number of nitrogens with zero attached hydrogens (tertiary/aromatic N) is 5. The van der Waals surface area contributed by atoms with Crippen LogP contribution in [0.2, 0.25) is 0 Å². The van der Waals surface area contributed by atoms with Gasteiger partial charge in [-0.3, -0.25) is 18.7 Å². The zero-order valence-electron chi connectivity index (χ0n) is 17.8. The van der Waals surface area contributed by atoms with Crippen molar-refractivity contribution in [2.24, 2.45) is 7.05 Å². The molecule has 0 aliphatic rings. The Hall–Kier alpha value is -3.69. The summed E-state index contributed by atoms with van der Waals surface area (Å²) in [6.45, 7) is 4.64. The molecular weight excluding hydrogens is 398 g/mol. The first kappa shape index (κ1) is 20.6. The molecule has 0 atom stereocenters. The molecule has 0 aliphatic carbocycles. The van der Waals surface area contributed by atoms with Crippen LogP contribution >= 0.6 is 0 Å². The Bertz CT molecular complexity index is 1390. The van der Waals surface area contributed by atoms with Crippen LogP contribution in [-0.4, -0.2) is 41.4 Å². The van der Waals surface area contributed by atoms with Gasteiger partial charge in [0.25, 0.3) is 5.56 Å². The van der Waals surface area contributed by atoms with Crippen LogP contribution in [0.4, 0.5) is 0 Å². The molecule has 0 aromatic carbocycles. The molecule has 0 radical (unpaired) electrons. The topological polar surface area (TPSA) is 119 Å². The number of hydrogen-bond donors (Lipinski definition) is 2. The number of nitrogens with one attached hydrogen (secondary N) is 2. The van der Waals surface area contributed by atoms with Crippen molar-refractivity contribution in [2.75, 3.05) is 6.54 Å². The van der Waals surface area contributed by atoms with E-state index in [-0.39, 0.29) is 23.6 Å². The first-order valence-electron chi connectivity index (χ1n) is 10.2. The third-order valence-electron chi connectivity index (χ3n) is 5.52. The predicted molar refractivity (Wildman–Crippen MR) is 116 cm³/mol. The lowest BCUT2D eigenvalue weighted by Crippen LogP contribution is -2.28. The molecule has 4 aromatic rings. The normalized spacial score (nSPS) is 11.5. The van der Waals surface area contributed by atoms with Gasteiger partial charge in [-0.25, -0.2) is 9.48 Å². The molecule has 0 spiro atoms. The van der Waals surface area contributed by atoms with E-state index in [2.05, 4.69) is 20.5 Å². The lowest BCUT2D eigenvalue weighted by molar-refractivity contribution is -0.121. The standard InChI is InChI=1S/C21H25N7O3/c1-13-15(20(30)23-19-18(13)14(2)24-26(19)3)8-9-17(29)22-10-6-12-28-21(31)27-11-5-4-7-16(27)25-28/h4-5,7,11H,6,8-10,12H2,1-3H3,(H,22,29)(H,23,30). The van der Waals surface area contributed by atoms with Gasteiger partial charge in [0.1, 0.15) is 5.65 Å². The van der Waals surface area contributed by atoms with Crippen molar-refractivity contribution in [1.82, 2.24) is 34.3 Å². The Balaban J connectivity index is 1.32. The molecule has 0 saturated carbocycles. The summed E-state index contributed by atoms with van der Waals surface area (Å²) in [5.41, 5.74) is 3.22. The maximum absolute atomic E-state index is 12.5. The number of hydrogen-bond acceptors (Lipinski definition) is 5. The van der Waals surface area contributed by atoms with Gasteiger partial charge in [0.15, 0.2) is 5.65 Å². The summed E-state index contributed by atoms with van der Waals surface area (Å²) in [4.78, 5) is 39.9. The molecule has 10 heteroatoms. The van der Waals surface area contributed by atoms with Crippen molar-refractivity contribution in [3.8, 4) is 0 Å². The van der Waals surface area contributed by atoms with Crippen LogP contribution in [0.5, 0.6) is 0 Å². The van der Waals surface area contributed by atoms with Gasteiger partial charge in [0, 0.05) is 43.7 Å². The number of aryl methyl sites for hydroxylation is 4. The van der Waals surface area contributed by atoms with E-state index in [1.54, 1.807) is 30.1 Å². The molecule has 0 fully saturated rings. The second-order valence-electron chi connectivity index (χ2n) is 7.63. The lowest BCUT2D eigenvalue weighted by Gasteiger charge is -2.08. The zero-order valence-corrected chi connectivity index (χ0v) is 17.8. The second-order valence-corrected chi connectivity index (χ2v) is 7.63. The molecular formula is C21H25N7O3. The molecule has 10 nitrogen and oxygen atoms in total. The van der Waals surface area contributed by atoms with Crippen molar-refractivity contribution in [3.63, 3.8) is 0 Å². The lowest BCUT2D eigenvalue weighted by atomic mass is 10.0. The summed E-state index contributed by atoms with van der Waals surface area (Å²) in [6.07, 6.45) is 2.82. The van der Waals surface area contributed by atoms with Gasteiger partial charge < -0.3 is 10.3 Å². The van der Waals surface area contributed by atoms with Gasteiger partial charge >= 0.3 is 5.69 Å². The van der Waals surface area contributed by atoms with Crippen molar-refractivity contribution in [2.45, 2.75) is 39.7 Å². The van der Waals surface area contributed by atoms with E-state index in [0.717, 1.165) is 16.6 Å². The van der Waals surface area contributed by atoms with Crippen LogP contribution in [0.3, 0.4) is 0 Å². The average molecular weight is 423 g/mol. The monoisotopic (exact) mass is 423 g/mol. The Morgan fingerprint density at radius 1 is 1.19 bits per heavy atom. The van der Waals surface area contributed by atoms with E-state index in [1.807, 2.05) is 19.9 Å². The highest BCUT2D eigenvalue weighted by Gasteiger charge is 2.16. The largest absolute Gasteiger partial charge is 0.356 e. The zero-order chi connectivity index (χ0) is 22.1. The number of carbonyl (C=O) groups is 1. The van der Waals surface area contributed by atoms with Crippen molar-refractivity contribution < 1.29 is 4.79 Å². The van der Waals surface area contributed by atoms with Gasteiger partial charge in [-0.1, -0.05) is 6.07 Å². The van der Waals surface area contributed by atoms with E-state index < -0.39 is 0 Å². The van der Waals surface area contributed by atoms with Gasteiger partial charge in [0.05, 0.1) is 5.69 Å². The Labute approximate surface area is 177 Å². The van der Waals surface area contributed by atoms with E-state index >= 15 is 0 Å². The summed E-state index contributed by atoms with van der Waals surface area (Å²) in [5.74, 6) is -0.135. The molecule has 0 bridgehead atoms. The molecule has 0 unspecified atom stereocenters. The first-order valence-corrected chi connectivity index (χ1v) is 10.2. The highest BCUT2D eigenvalue weighted by molar-refractivity contribution is 5.83. The third-order valence-corrected chi connectivity index (χ3v) is 5.52. The smallest absolute Gasteiger partial charge is 0.350 e. The summed E-state index contributed by atoms with van der Waals surface area (Å²) >= 11 is 0. The minimum Gasteiger partial charge on any atom is -0.356 e. The van der Waals surface area contributed by atoms with Crippen LogP contribution in [0.25, 0.3) is 16.7 Å². The quantitative estimate of drug-likeness (QED) is 0.427. The average Bonchev–Trinajstić information content (AvgIpc) is 3.21. The highest BCUT2D eigenvalue weighted by Crippen LogP contribution is 2.21. The SMILES string of the molecule is Cc1nn(C)c2[nH]c(=O)c(CCC(=O)NCCCn3nc4ccccn4c3=O)c(C)c12. The number of fused-ring (bicyclic) bond motifs is 2. The number of amides is 1. The summed E-state index contributed by atoms with van der Waals surface area (Å²) in [5, 5.41) is 12.4. The number of H-pyrrole nitrogens is 1. The Morgan fingerprint density at radius 2 is 2.00 bits per heavy atom. The van der Waals surface area contributed by atoms with E-state index in [1.165, 1.54) is 9.08 Å². The molecule has 162 valence electrons. The number of aromatic nitrogens is 6. The molecule has 4 aromatic heterocycles. The third kappa shape index (κ3) is 3.88. The maximum Gasteiger partial charge on any atom is 0.350 e. The van der Waals surface area contributed by atoms with Crippen molar-refractivity contribution in [1.29, 1.82) is 0 Å². The van der Waals surface area contributed by atoms with Gasteiger partial charge in [-0.2, -0.15) is 5.10 Å². The number of carbonyl (C=O) groups excluding carboxylic acids is 1. The predicted octanol–water partition coefficient (Wildman–Crippen LogP) is 0.827. The fourth-order valence-corrected chi connectivity index (χ4v) is 3.95. The fourth-order valence-electron chi connectivity index (χ4n) is 3.95. The number of pyridine rings is 2. The number of rotatable bonds is 7. The highest BCUT2D eigenvalue weighted by atomic mass is 16.2. The second kappa shape index (κ2) is 8.21. The Kier molecular flexibility index (Phi) is 5.45. The molecule has 4 rings (SSSR count). The molecule has 2 N–H and O–H groups in total. The molecule has 0 aliphatic heterocycles. The minimum atomic E-state index is -0.197. The van der Waals surface area contributed by atoms with Crippen molar-refractivity contribution >= 4 is 22.6 Å². The van der Waals surface area contributed by atoms with Crippen LogP contribution in [0.15, 0.2) is 34.0 Å². The molecule has 1 amide bonds. The minimum absolute atomic E-state index is 0.135. The summed E-state index contributed by atoms with van der Waals surface area (Å²) in [6, 6.07) is 5.38. The summed E-state index contributed by atoms with van der Waals surface area (Å²) in [7, 11) is 1.79. The van der Waals surface area contributed by atoms with Gasteiger partial charge in [-0.05, 0) is 44.4 Å². The van der Waals surface area contributed by atoms with Crippen LogP contribution in [-0.2, 0) is 24.8 Å². The number of aromatic amines is 1. The summed E-state index contributed by atoms with van der Waals surface area (Å²) < 4.78 is 4.54.